The number of aromatic nitrogens is 2. The number of halogens is 4. The Labute approximate surface area is 155 Å². The smallest absolute Gasteiger partial charge is 0.339 e. The van der Waals surface area contributed by atoms with E-state index in [4.69, 9.17) is 0 Å². The Morgan fingerprint density at radius 1 is 1.00 bits per heavy atom. The van der Waals surface area contributed by atoms with Crippen molar-refractivity contribution < 1.29 is 22.5 Å². The van der Waals surface area contributed by atoms with Gasteiger partial charge < -0.3 is 10.6 Å². The summed E-state index contributed by atoms with van der Waals surface area (Å²) in [6.45, 7) is 0. The first kappa shape index (κ1) is 19.0. The number of benzene rings is 2. The van der Waals surface area contributed by atoms with Gasteiger partial charge >= 0.3 is 6.18 Å². The lowest BCUT2D eigenvalue weighted by molar-refractivity contribution is -0.384. The molecule has 0 radical (unpaired) electrons. The van der Waals surface area contributed by atoms with Gasteiger partial charge in [0.15, 0.2) is 0 Å². The fraction of sp³-hybridized carbons (Fsp3) is 0.0588. The van der Waals surface area contributed by atoms with E-state index in [1.165, 1.54) is 36.4 Å². The summed E-state index contributed by atoms with van der Waals surface area (Å²) in [6.07, 6.45) is -4.15. The van der Waals surface area contributed by atoms with Crippen LogP contribution in [0.2, 0.25) is 0 Å². The monoisotopic (exact) mass is 393 g/mol. The van der Waals surface area contributed by atoms with Crippen LogP contribution in [0.25, 0.3) is 0 Å². The van der Waals surface area contributed by atoms with E-state index in [1.807, 2.05) is 0 Å². The number of nitrogens with zero attached hydrogens (tertiary/aromatic N) is 3. The summed E-state index contributed by atoms with van der Waals surface area (Å²) in [5.41, 5.74) is -0.870. The standard InChI is InChI=1S/C17H11F4N5O2/c18-10-2-1-3-12(8-10)23-15-14(17(19,20)21)9-22-16(25-15)24-11-4-6-13(7-5-11)26(27)28/h1-9H,(H2,22,23,24,25). The van der Waals surface area contributed by atoms with Crippen LogP contribution in [0.4, 0.5) is 46.4 Å². The van der Waals surface area contributed by atoms with Crippen molar-refractivity contribution in [2.24, 2.45) is 0 Å². The molecular weight excluding hydrogens is 382 g/mol. The van der Waals surface area contributed by atoms with E-state index < -0.39 is 28.3 Å². The summed E-state index contributed by atoms with van der Waals surface area (Å²) in [5.74, 6) is -1.38. The molecule has 2 aromatic carbocycles. The van der Waals surface area contributed by atoms with Crippen LogP contribution in [0, 0.1) is 15.9 Å². The zero-order valence-corrected chi connectivity index (χ0v) is 13.9. The van der Waals surface area contributed by atoms with Crippen LogP contribution in [-0.4, -0.2) is 14.9 Å². The van der Waals surface area contributed by atoms with E-state index in [1.54, 1.807) is 0 Å². The third kappa shape index (κ3) is 4.50. The van der Waals surface area contributed by atoms with E-state index >= 15 is 0 Å². The van der Waals surface area contributed by atoms with Gasteiger partial charge in [0, 0.05) is 29.7 Å². The van der Waals surface area contributed by atoms with Crippen molar-refractivity contribution in [1.29, 1.82) is 0 Å². The maximum atomic E-state index is 13.3. The van der Waals surface area contributed by atoms with Crippen LogP contribution in [0.1, 0.15) is 5.56 Å². The van der Waals surface area contributed by atoms with E-state index in [-0.39, 0.29) is 17.3 Å². The first-order valence-electron chi connectivity index (χ1n) is 7.71. The molecule has 0 aliphatic rings. The summed E-state index contributed by atoms with van der Waals surface area (Å²) < 4.78 is 53.0. The zero-order valence-electron chi connectivity index (χ0n) is 13.9. The molecule has 0 fully saturated rings. The molecule has 0 saturated carbocycles. The van der Waals surface area contributed by atoms with Gasteiger partial charge in [0.1, 0.15) is 17.2 Å². The van der Waals surface area contributed by atoms with E-state index in [9.17, 15) is 27.7 Å². The molecule has 0 aliphatic heterocycles. The van der Waals surface area contributed by atoms with Gasteiger partial charge in [-0.25, -0.2) is 9.37 Å². The minimum Gasteiger partial charge on any atom is -0.339 e. The molecule has 0 unspecified atom stereocenters. The number of hydrogen-bond donors (Lipinski definition) is 2. The average molecular weight is 393 g/mol. The third-order valence-electron chi connectivity index (χ3n) is 3.52. The first-order valence-corrected chi connectivity index (χ1v) is 7.71. The molecule has 0 atom stereocenters. The largest absolute Gasteiger partial charge is 0.421 e. The van der Waals surface area contributed by atoms with E-state index in [0.717, 1.165) is 12.1 Å². The summed E-state index contributed by atoms with van der Waals surface area (Å²) >= 11 is 0. The maximum Gasteiger partial charge on any atom is 0.421 e. The Kier molecular flexibility index (Phi) is 5.07. The normalized spacial score (nSPS) is 11.1. The van der Waals surface area contributed by atoms with Gasteiger partial charge in [-0.1, -0.05) is 6.07 Å². The topological polar surface area (TPSA) is 93.0 Å². The molecule has 0 spiro atoms. The molecule has 3 aromatic rings. The van der Waals surface area contributed by atoms with Crippen molar-refractivity contribution in [2.75, 3.05) is 10.6 Å². The molecule has 0 saturated heterocycles. The number of nitrogens with one attached hydrogen (secondary N) is 2. The van der Waals surface area contributed by atoms with Crippen molar-refractivity contribution in [2.45, 2.75) is 6.18 Å². The average Bonchev–Trinajstić information content (AvgIpc) is 2.61. The summed E-state index contributed by atoms with van der Waals surface area (Å²) in [5, 5.41) is 15.8. The molecule has 2 N–H and O–H groups in total. The van der Waals surface area contributed by atoms with E-state index in [2.05, 4.69) is 20.6 Å². The molecular formula is C17H11F4N5O2. The Morgan fingerprint density at radius 3 is 2.32 bits per heavy atom. The highest BCUT2D eigenvalue weighted by atomic mass is 19.4. The molecule has 28 heavy (non-hydrogen) atoms. The fourth-order valence-electron chi connectivity index (χ4n) is 2.24. The van der Waals surface area contributed by atoms with Crippen LogP contribution in [0.5, 0.6) is 0 Å². The van der Waals surface area contributed by atoms with E-state index in [0.29, 0.717) is 11.9 Å². The number of hydrogen-bond acceptors (Lipinski definition) is 6. The highest BCUT2D eigenvalue weighted by Crippen LogP contribution is 2.35. The van der Waals surface area contributed by atoms with Crippen molar-refractivity contribution >= 4 is 28.8 Å². The molecule has 144 valence electrons. The quantitative estimate of drug-likeness (QED) is 0.359. The SMILES string of the molecule is O=[N+]([O-])c1ccc(Nc2ncc(C(F)(F)F)c(Nc3cccc(F)c3)n2)cc1. The number of nitro groups is 1. The number of alkyl halides is 3. The Morgan fingerprint density at radius 2 is 1.71 bits per heavy atom. The minimum absolute atomic E-state index is 0.0745. The molecule has 0 amide bonds. The second-order valence-electron chi connectivity index (χ2n) is 5.52. The second-order valence-corrected chi connectivity index (χ2v) is 5.52. The summed E-state index contributed by atoms with van der Waals surface area (Å²) in [6, 6.07) is 10.0. The zero-order chi connectivity index (χ0) is 20.3. The Hall–Kier alpha value is -3.76. The third-order valence-corrected chi connectivity index (χ3v) is 3.52. The minimum atomic E-state index is -4.73. The molecule has 0 aliphatic carbocycles. The Balaban J connectivity index is 1.91. The van der Waals surface area contributed by atoms with Crippen LogP contribution < -0.4 is 10.6 Å². The Bertz CT molecular complexity index is 1010. The van der Waals surface area contributed by atoms with Gasteiger partial charge in [-0.15, -0.1) is 0 Å². The molecule has 1 heterocycles. The molecule has 11 heteroatoms. The second kappa shape index (κ2) is 7.47. The van der Waals surface area contributed by atoms with Gasteiger partial charge in [-0.2, -0.15) is 18.2 Å². The predicted molar refractivity (Wildman–Crippen MR) is 93.1 cm³/mol. The summed E-state index contributed by atoms with van der Waals surface area (Å²) in [4.78, 5) is 17.5. The maximum absolute atomic E-state index is 13.3. The lowest BCUT2D eigenvalue weighted by atomic mass is 10.2. The summed E-state index contributed by atoms with van der Waals surface area (Å²) in [7, 11) is 0. The lowest BCUT2D eigenvalue weighted by Gasteiger charge is -2.15. The molecule has 0 bridgehead atoms. The first-order chi connectivity index (χ1) is 13.2. The van der Waals surface area contributed by atoms with Crippen LogP contribution in [0.15, 0.2) is 54.7 Å². The van der Waals surface area contributed by atoms with Gasteiger partial charge in [0.05, 0.1) is 4.92 Å². The van der Waals surface area contributed by atoms with Crippen molar-refractivity contribution in [1.82, 2.24) is 9.97 Å². The molecule has 7 nitrogen and oxygen atoms in total. The van der Waals surface area contributed by atoms with Gasteiger partial charge in [-0.3, -0.25) is 10.1 Å². The lowest BCUT2D eigenvalue weighted by Crippen LogP contribution is -2.12. The number of non-ortho nitro benzene ring substituents is 1. The molecule has 1 aromatic heterocycles. The number of anilines is 4. The van der Waals surface area contributed by atoms with Crippen LogP contribution in [-0.2, 0) is 6.18 Å². The van der Waals surface area contributed by atoms with Crippen LogP contribution >= 0.6 is 0 Å². The van der Waals surface area contributed by atoms with Crippen molar-refractivity contribution in [3.05, 3.63) is 76.2 Å². The molecule has 3 rings (SSSR count). The van der Waals surface area contributed by atoms with Gasteiger partial charge in [0.25, 0.3) is 5.69 Å². The van der Waals surface area contributed by atoms with Crippen LogP contribution in [0.3, 0.4) is 0 Å². The number of nitro benzene ring substituents is 1. The highest BCUT2D eigenvalue weighted by Gasteiger charge is 2.35. The van der Waals surface area contributed by atoms with Crippen molar-refractivity contribution in [3.8, 4) is 0 Å². The fourth-order valence-corrected chi connectivity index (χ4v) is 2.24. The van der Waals surface area contributed by atoms with Gasteiger partial charge in [-0.05, 0) is 30.3 Å². The number of rotatable bonds is 5. The highest BCUT2D eigenvalue weighted by molar-refractivity contribution is 5.63. The van der Waals surface area contributed by atoms with Gasteiger partial charge in [0.2, 0.25) is 5.95 Å². The van der Waals surface area contributed by atoms with Crippen molar-refractivity contribution in [3.63, 3.8) is 0 Å². The predicted octanol–water partition coefficient (Wildman–Crippen LogP) is 5.03.